The quantitative estimate of drug-likeness (QED) is 0.0489. The van der Waals surface area contributed by atoms with Gasteiger partial charge in [0.15, 0.2) is 0 Å². The lowest BCUT2D eigenvalue weighted by Gasteiger charge is -2.27. The third-order valence-electron chi connectivity index (χ3n) is 5.89. The van der Waals surface area contributed by atoms with Crippen molar-refractivity contribution in [3.8, 4) is 0 Å². The van der Waals surface area contributed by atoms with Gasteiger partial charge in [0, 0.05) is 3.57 Å². The Morgan fingerprint density at radius 2 is 1.22 bits per heavy atom. The van der Waals surface area contributed by atoms with Crippen LogP contribution in [0, 0.1) is 3.57 Å². The maximum Gasteiger partial charge on any atom is 0.268 e. The van der Waals surface area contributed by atoms with Crippen LogP contribution in [0.4, 0.5) is 0 Å². The highest BCUT2D eigenvalue weighted by Crippen LogP contribution is 2.38. The minimum atomic E-state index is -5.67. The van der Waals surface area contributed by atoms with Gasteiger partial charge in [-0.05, 0) is 59.5 Å². The minimum Gasteiger partial charge on any atom is -0.756 e. The Morgan fingerprint density at radius 1 is 0.778 bits per heavy atom. The number of nitrogens with zero attached hydrogens (tertiary/aromatic N) is 1. The van der Waals surface area contributed by atoms with E-state index in [9.17, 15) is 9.46 Å². The Hall–Kier alpha value is 0.0200. The molecular weight excluding hydrogens is 584 g/mol. The van der Waals surface area contributed by atoms with Crippen LogP contribution in [0.3, 0.4) is 0 Å². The van der Waals surface area contributed by atoms with Gasteiger partial charge in [-0.3, -0.25) is 4.57 Å². The van der Waals surface area contributed by atoms with Gasteiger partial charge in [0.05, 0.1) is 45.4 Å². The first-order valence-corrected chi connectivity index (χ1v) is 15.8. The molecule has 0 aromatic heterocycles. The summed E-state index contributed by atoms with van der Waals surface area (Å²) >= 11 is 2.33. The van der Waals surface area contributed by atoms with Crippen LogP contribution in [-0.2, 0) is 20.0 Å². The molecule has 0 saturated heterocycles. The summed E-state index contributed by atoms with van der Waals surface area (Å²) < 4.78 is 119. The van der Waals surface area contributed by atoms with Crippen molar-refractivity contribution in [3.05, 3.63) is 33.4 Å². The lowest BCUT2D eigenvalue weighted by atomic mass is 10.0. The molecule has 0 fully saturated rings. The van der Waals surface area contributed by atoms with Gasteiger partial charge >= 0.3 is 0 Å². The highest BCUT2D eigenvalue weighted by atomic mass is 127. The molecule has 1 aromatic carbocycles. The number of quaternary nitrogens is 1. The van der Waals surface area contributed by atoms with Crippen LogP contribution in [0.5, 0.6) is 0 Å². The Kier molecular flexibility index (Phi) is 10.7. The third kappa shape index (κ3) is 22.0. The van der Waals surface area contributed by atoms with E-state index in [1.54, 1.807) is 0 Å². The second kappa shape index (κ2) is 20.9. The SMILES string of the molecule is [2H]C([2H])(OP(=O)([O-])OCCCCCCCCCCCCCCCCCCc1ccc(I)cc1)C([2H])([2H])[N+](C([2H])([2H])[2H])(C([2H])([2H])[2H])C([2H])([2H])[2H]. The number of likely N-dealkylation sites (N-methyl/N-ethyl adjacent to an activating group) is 1. The average Bonchev–Trinajstić information content (AvgIpc) is 2.92. The van der Waals surface area contributed by atoms with Crippen molar-refractivity contribution in [1.82, 2.24) is 0 Å². The molecule has 1 atom stereocenters. The number of phosphoric acid groups is 1. The molecule has 7 heteroatoms. The summed E-state index contributed by atoms with van der Waals surface area (Å²) in [7, 11) is -5.67. The first-order chi connectivity index (χ1) is 22.4. The Balaban J connectivity index is 2.24. The van der Waals surface area contributed by atoms with Crippen LogP contribution >= 0.6 is 30.4 Å². The topological polar surface area (TPSA) is 58.6 Å². The molecule has 1 aromatic rings. The highest BCUT2D eigenvalue weighted by Gasteiger charge is 2.12. The van der Waals surface area contributed by atoms with Gasteiger partial charge in [-0.2, -0.15) is 0 Å². The summed E-state index contributed by atoms with van der Waals surface area (Å²) in [4.78, 5) is 12.3. The fraction of sp³-hybridized carbons (Fsp3) is 0.793. The van der Waals surface area contributed by atoms with Crippen molar-refractivity contribution in [2.75, 3.05) is 40.6 Å². The van der Waals surface area contributed by atoms with E-state index >= 15 is 0 Å². The second-order valence-corrected chi connectivity index (χ2v) is 11.9. The lowest BCUT2D eigenvalue weighted by Crippen LogP contribution is -2.37. The van der Waals surface area contributed by atoms with Gasteiger partial charge in [0.25, 0.3) is 7.82 Å². The maximum absolute atomic E-state index is 12.3. The maximum atomic E-state index is 12.3. The largest absolute Gasteiger partial charge is 0.756 e. The van der Waals surface area contributed by atoms with E-state index in [-0.39, 0.29) is 6.42 Å². The number of hydrogen-bond acceptors (Lipinski definition) is 4. The number of benzene rings is 1. The molecule has 210 valence electrons. The molecule has 1 unspecified atom stereocenters. The summed E-state index contributed by atoms with van der Waals surface area (Å²) in [6, 6.07) is 8.76. The Bertz CT molecular complexity index is 1100. The zero-order valence-electron chi connectivity index (χ0n) is 34.4. The van der Waals surface area contributed by atoms with E-state index in [1.165, 1.54) is 73.3 Å². The fourth-order valence-electron chi connectivity index (χ4n) is 3.90. The van der Waals surface area contributed by atoms with E-state index < -0.39 is 52.9 Å². The molecule has 0 amide bonds. The van der Waals surface area contributed by atoms with E-state index in [1.807, 2.05) is 0 Å². The first-order valence-electron chi connectivity index (χ1n) is 19.7. The number of unbranched alkanes of at least 4 members (excludes halogenated alkanes) is 15. The summed E-state index contributed by atoms with van der Waals surface area (Å²) in [5.74, 6) is 0. The van der Waals surface area contributed by atoms with Crippen molar-refractivity contribution in [2.24, 2.45) is 0 Å². The van der Waals surface area contributed by atoms with Crippen LogP contribution in [0.25, 0.3) is 0 Å². The van der Waals surface area contributed by atoms with Crippen LogP contribution < -0.4 is 4.89 Å². The zero-order valence-corrected chi connectivity index (χ0v) is 24.5. The third-order valence-corrected chi connectivity index (χ3v) is 7.43. The van der Waals surface area contributed by atoms with Gasteiger partial charge in [-0.15, -0.1) is 0 Å². The van der Waals surface area contributed by atoms with Gasteiger partial charge in [-0.1, -0.05) is 102 Å². The molecule has 36 heavy (non-hydrogen) atoms. The predicted molar refractivity (Wildman–Crippen MR) is 159 cm³/mol. The fourth-order valence-corrected chi connectivity index (χ4v) is 4.82. The molecule has 0 heterocycles. The molecule has 0 aliphatic heterocycles. The number of rotatable bonds is 24. The minimum absolute atomic E-state index is 0.248. The smallest absolute Gasteiger partial charge is 0.268 e. The molecule has 0 aliphatic carbocycles. The van der Waals surface area contributed by atoms with Crippen LogP contribution in [0.15, 0.2) is 24.3 Å². The molecule has 0 aliphatic rings. The van der Waals surface area contributed by atoms with Crippen molar-refractivity contribution in [1.29, 1.82) is 0 Å². The molecule has 1 rings (SSSR count). The summed E-state index contributed by atoms with van der Waals surface area (Å²) in [5.41, 5.74) is 1.42. The van der Waals surface area contributed by atoms with Gasteiger partial charge < -0.3 is 18.4 Å². The first kappa shape index (κ1) is 18.4. The predicted octanol–water partition coefficient (Wildman–Crippen LogP) is 8.28. The van der Waals surface area contributed by atoms with Gasteiger partial charge in [-0.25, -0.2) is 0 Å². The number of phosphoric ester groups is 1. The van der Waals surface area contributed by atoms with Crippen LogP contribution in [0.2, 0.25) is 0 Å². The number of aryl methyl sites for hydroxylation is 1. The number of halogens is 1. The molecule has 0 spiro atoms. The van der Waals surface area contributed by atoms with E-state index in [2.05, 4.69) is 55.9 Å². The molecular formula is C29H53INO4P. The highest BCUT2D eigenvalue weighted by molar-refractivity contribution is 14.1. The zero-order chi connectivity index (χ0) is 37.6. The van der Waals surface area contributed by atoms with E-state index in [0.717, 1.165) is 32.1 Å². The molecule has 0 radical (unpaired) electrons. The van der Waals surface area contributed by atoms with E-state index in [0.29, 0.717) is 6.42 Å². The van der Waals surface area contributed by atoms with Crippen LogP contribution in [-0.4, -0.2) is 45.1 Å². The lowest BCUT2D eigenvalue weighted by molar-refractivity contribution is -0.870. The Labute approximate surface area is 254 Å². The number of hydrogen-bond donors (Lipinski definition) is 0. The Morgan fingerprint density at radius 3 is 1.69 bits per heavy atom. The molecule has 0 N–H and O–H groups in total. The van der Waals surface area contributed by atoms with Crippen molar-refractivity contribution in [2.45, 2.75) is 109 Å². The standard InChI is InChI=1S/C29H53INO4P/c1-31(2,3)25-27-35-36(32,33)34-26-19-17-15-13-11-9-7-5-4-6-8-10-12-14-16-18-20-28-21-23-29(30)24-22-28/h21-24H,4-20,25-27H2,1-3H3/i1D3,2D3,3D3,25D2,27D2. The molecule has 5 nitrogen and oxygen atoms in total. The van der Waals surface area contributed by atoms with Gasteiger partial charge in [0.2, 0.25) is 0 Å². The monoisotopic (exact) mass is 650 g/mol. The van der Waals surface area contributed by atoms with Crippen molar-refractivity contribution in [3.63, 3.8) is 0 Å². The van der Waals surface area contributed by atoms with E-state index in [4.69, 9.17) is 17.8 Å². The average molecular weight is 651 g/mol. The van der Waals surface area contributed by atoms with Crippen LogP contribution in [0.1, 0.15) is 126 Å². The summed E-state index contributed by atoms with van der Waals surface area (Å²) in [6.45, 7) is -21.7. The second-order valence-electron chi connectivity index (χ2n) is 9.29. The summed E-state index contributed by atoms with van der Waals surface area (Å²) in [5, 5.41) is 0. The van der Waals surface area contributed by atoms with Crippen molar-refractivity contribution >= 4 is 30.4 Å². The normalized spacial score (nSPS) is 20.9. The summed E-state index contributed by atoms with van der Waals surface area (Å²) in [6.07, 6.45) is 18.5. The molecule has 0 bridgehead atoms. The molecule has 0 saturated carbocycles. The van der Waals surface area contributed by atoms with Gasteiger partial charge in [0.1, 0.15) is 13.1 Å². The van der Waals surface area contributed by atoms with Crippen molar-refractivity contribution < 1.29 is 40.8 Å².